The molecule has 0 saturated heterocycles. The van der Waals surface area contributed by atoms with E-state index in [2.05, 4.69) is 29.6 Å². The zero-order chi connectivity index (χ0) is 12.4. The second-order valence-corrected chi connectivity index (χ2v) is 4.87. The molecule has 0 aromatic heterocycles. The van der Waals surface area contributed by atoms with E-state index in [0.717, 1.165) is 30.5 Å². The molecular formula is C16H16FN. The lowest BCUT2D eigenvalue weighted by molar-refractivity contribution is 0.605. The number of nitrogens with one attached hydrogen (secondary N) is 1. The minimum atomic E-state index is -0.142. The number of rotatable bonds is 2. The van der Waals surface area contributed by atoms with Crippen LogP contribution in [0, 0.1) is 5.82 Å². The molecule has 92 valence electrons. The Kier molecular flexibility index (Phi) is 3.01. The fourth-order valence-electron chi connectivity index (χ4n) is 2.58. The van der Waals surface area contributed by atoms with Gasteiger partial charge in [-0.15, -0.1) is 0 Å². The van der Waals surface area contributed by atoms with Gasteiger partial charge in [-0.2, -0.15) is 0 Å². The van der Waals surface area contributed by atoms with Crippen molar-refractivity contribution in [3.63, 3.8) is 0 Å². The Balaban J connectivity index is 1.73. The van der Waals surface area contributed by atoms with Crippen LogP contribution in [0.2, 0.25) is 0 Å². The normalized spacial score (nSPS) is 17.9. The van der Waals surface area contributed by atoms with Crippen LogP contribution in [0.15, 0.2) is 48.5 Å². The van der Waals surface area contributed by atoms with Crippen molar-refractivity contribution in [1.82, 2.24) is 0 Å². The van der Waals surface area contributed by atoms with Crippen LogP contribution >= 0.6 is 0 Å². The van der Waals surface area contributed by atoms with E-state index in [1.165, 1.54) is 11.6 Å². The van der Waals surface area contributed by atoms with Crippen molar-refractivity contribution in [2.24, 2.45) is 0 Å². The highest BCUT2D eigenvalue weighted by Gasteiger charge is 2.18. The minimum Gasteiger partial charge on any atom is -0.382 e. The summed E-state index contributed by atoms with van der Waals surface area (Å²) >= 11 is 0. The summed E-state index contributed by atoms with van der Waals surface area (Å²) in [6.07, 6.45) is 3.04. The molecule has 0 fully saturated rings. The van der Waals surface area contributed by atoms with Gasteiger partial charge >= 0.3 is 0 Å². The van der Waals surface area contributed by atoms with Crippen LogP contribution in [-0.2, 0) is 12.8 Å². The summed E-state index contributed by atoms with van der Waals surface area (Å²) in [5.41, 5.74) is 3.53. The molecule has 18 heavy (non-hydrogen) atoms. The maximum atomic E-state index is 13.1. The van der Waals surface area contributed by atoms with Crippen molar-refractivity contribution in [1.29, 1.82) is 0 Å². The van der Waals surface area contributed by atoms with Crippen molar-refractivity contribution >= 4 is 5.69 Å². The van der Waals surface area contributed by atoms with Gasteiger partial charge in [0.15, 0.2) is 0 Å². The second kappa shape index (κ2) is 4.81. The first-order chi connectivity index (χ1) is 8.81. The molecule has 0 bridgehead atoms. The van der Waals surface area contributed by atoms with Crippen molar-refractivity contribution in [2.75, 3.05) is 5.32 Å². The Morgan fingerprint density at radius 3 is 2.78 bits per heavy atom. The highest BCUT2D eigenvalue weighted by atomic mass is 19.1. The van der Waals surface area contributed by atoms with E-state index in [4.69, 9.17) is 0 Å². The van der Waals surface area contributed by atoms with Crippen LogP contribution in [0.25, 0.3) is 0 Å². The number of anilines is 1. The van der Waals surface area contributed by atoms with Gasteiger partial charge in [0.05, 0.1) is 0 Å². The largest absolute Gasteiger partial charge is 0.382 e. The number of hydrogen-bond acceptors (Lipinski definition) is 1. The fourth-order valence-corrected chi connectivity index (χ4v) is 2.58. The van der Waals surface area contributed by atoms with Crippen LogP contribution in [0.3, 0.4) is 0 Å². The molecule has 1 heterocycles. The average Bonchev–Trinajstić information content (AvgIpc) is 2.40. The smallest absolute Gasteiger partial charge is 0.123 e. The number of fused-ring (bicyclic) bond motifs is 1. The van der Waals surface area contributed by atoms with Gasteiger partial charge in [0.2, 0.25) is 0 Å². The van der Waals surface area contributed by atoms with Crippen molar-refractivity contribution in [3.05, 3.63) is 65.5 Å². The van der Waals surface area contributed by atoms with E-state index < -0.39 is 0 Å². The SMILES string of the molecule is Fc1ccc2c(c1)CC[C@H](Cc1ccccc1)N2. The van der Waals surface area contributed by atoms with Gasteiger partial charge < -0.3 is 5.32 Å². The third-order valence-electron chi connectivity index (χ3n) is 3.51. The Morgan fingerprint density at radius 1 is 1.11 bits per heavy atom. The van der Waals surface area contributed by atoms with Gasteiger partial charge in [-0.3, -0.25) is 0 Å². The zero-order valence-electron chi connectivity index (χ0n) is 10.2. The third kappa shape index (κ3) is 2.37. The molecule has 1 aliphatic heterocycles. The van der Waals surface area contributed by atoms with E-state index in [1.807, 2.05) is 12.1 Å². The van der Waals surface area contributed by atoms with Gasteiger partial charge in [-0.25, -0.2) is 4.39 Å². The number of aryl methyl sites for hydroxylation is 1. The Hall–Kier alpha value is -1.83. The first kappa shape index (κ1) is 11.3. The molecule has 0 saturated carbocycles. The average molecular weight is 241 g/mol. The van der Waals surface area contributed by atoms with Crippen LogP contribution < -0.4 is 5.32 Å². The summed E-state index contributed by atoms with van der Waals surface area (Å²) < 4.78 is 13.1. The van der Waals surface area contributed by atoms with Gasteiger partial charge in [-0.1, -0.05) is 30.3 Å². The summed E-state index contributed by atoms with van der Waals surface area (Å²) in [6, 6.07) is 16.0. The molecule has 1 atom stereocenters. The quantitative estimate of drug-likeness (QED) is 0.843. The topological polar surface area (TPSA) is 12.0 Å². The molecule has 2 aromatic carbocycles. The van der Waals surface area contributed by atoms with Crippen LogP contribution in [0.1, 0.15) is 17.5 Å². The number of benzene rings is 2. The Bertz CT molecular complexity index is 536. The molecule has 0 unspecified atom stereocenters. The summed E-state index contributed by atoms with van der Waals surface area (Å²) in [5.74, 6) is -0.142. The van der Waals surface area contributed by atoms with Gasteiger partial charge in [0.1, 0.15) is 5.82 Å². The molecule has 3 rings (SSSR count). The molecule has 2 heteroatoms. The molecule has 0 radical (unpaired) electrons. The molecule has 0 aliphatic carbocycles. The van der Waals surface area contributed by atoms with Gasteiger partial charge in [-0.05, 0) is 48.6 Å². The molecule has 0 spiro atoms. The monoisotopic (exact) mass is 241 g/mol. The third-order valence-corrected chi connectivity index (χ3v) is 3.51. The molecule has 2 aromatic rings. The van der Waals surface area contributed by atoms with Gasteiger partial charge in [0.25, 0.3) is 0 Å². The summed E-state index contributed by atoms with van der Waals surface area (Å²) in [4.78, 5) is 0. The molecule has 0 amide bonds. The van der Waals surface area contributed by atoms with E-state index in [9.17, 15) is 4.39 Å². The van der Waals surface area contributed by atoms with Gasteiger partial charge in [0, 0.05) is 11.7 Å². The molecule has 1 N–H and O–H groups in total. The Labute approximate surface area is 107 Å². The predicted molar refractivity (Wildman–Crippen MR) is 72.3 cm³/mol. The van der Waals surface area contributed by atoms with E-state index in [1.54, 1.807) is 6.07 Å². The van der Waals surface area contributed by atoms with Crippen molar-refractivity contribution in [3.8, 4) is 0 Å². The lowest BCUT2D eigenvalue weighted by atomic mass is 9.94. The molecule has 1 nitrogen and oxygen atoms in total. The standard InChI is InChI=1S/C16H16FN/c17-14-7-9-16-13(11-14)6-8-15(18-16)10-12-4-2-1-3-5-12/h1-5,7,9,11,15,18H,6,8,10H2/t15-/m1/s1. The highest BCUT2D eigenvalue weighted by Crippen LogP contribution is 2.26. The molecular weight excluding hydrogens is 225 g/mol. The zero-order valence-corrected chi connectivity index (χ0v) is 10.2. The van der Waals surface area contributed by atoms with E-state index >= 15 is 0 Å². The lowest BCUT2D eigenvalue weighted by Crippen LogP contribution is -2.27. The van der Waals surface area contributed by atoms with E-state index in [-0.39, 0.29) is 5.82 Å². The van der Waals surface area contributed by atoms with E-state index in [0.29, 0.717) is 6.04 Å². The van der Waals surface area contributed by atoms with Crippen LogP contribution in [0.4, 0.5) is 10.1 Å². The summed E-state index contributed by atoms with van der Waals surface area (Å²) in [5, 5.41) is 3.51. The molecule has 1 aliphatic rings. The maximum absolute atomic E-state index is 13.1. The fraction of sp³-hybridized carbons (Fsp3) is 0.250. The summed E-state index contributed by atoms with van der Waals surface area (Å²) in [6.45, 7) is 0. The van der Waals surface area contributed by atoms with Crippen LogP contribution in [-0.4, -0.2) is 6.04 Å². The first-order valence-corrected chi connectivity index (χ1v) is 6.40. The van der Waals surface area contributed by atoms with Crippen molar-refractivity contribution < 1.29 is 4.39 Å². The first-order valence-electron chi connectivity index (χ1n) is 6.40. The highest BCUT2D eigenvalue weighted by molar-refractivity contribution is 5.54. The lowest BCUT2D eigenvalue weighted by Gasteiger charge is -2.27. The number of halogens is 1. The van der Waals surface area contributed by atoms with Crippen molar-refractivity contribution in [2.45, 2.75) is 25.3 Å². The Morgan fingerprint density at radius 2 is 1.94 bits per heavy atom. The predicted octanol–water partition coefficient (Wildman–Crippen LogP) is 3.80. The minimum absolute atomic E-state index is 0.142. The number of hydrogen-bond donors (Lipinski definition) is 1. The summed E-state index contributed by atoms with van der Waals surface area (Å²) in [7, 11) is 0. The maximum Gasteiger partial charge on any atom is 0.123 e. The van der Waals surface area contributed by atoms with Crippen LogP contribution in [0.5, 0.6) is 0 Å². The second-order valence-electron chi connectivity index (χ2n) is 4.87.